The van der Waals surface area contributed by atoms with Crippen molar-refractivity contribution >= 4 is 11.3 Å². The quantitative estimate of drug-likeness (QED) is 0.760. The van der Waals surface area contributed by atoms with Gasteiger partial charge in [-0.25, -0.2) is 0 Å². The van der Waals surface area contributed by atoms with Crippen LogP contribution in [0.25, 0.3) is 0 Å². The van der Waals surface area contributed by atoms with Crippen molar-refractivity contribution < 1.29 is 5.11 Å². The molecule has 0 radical (unpaired) electrons. The highest BCUT2D eigenvalue weighted by Gasteiger charge is 2.18. The normalized spacial score (nSPS) is 17.4. The van der Waals surface area contributed by atoms with Crippen molar-refractivity contribution in [3.8, 4) is 5.88 Å². The van der Waals surface area contributed by atoms with Gasteiger partial charge in [0.05, 0.1) is 4.88 Å². The molecule has 2 rings (SSSR count). The van der Waals surface area contributed by atoms with Crippen LogP contribution in [0, 0.1) is 6.92 Å². The topological polar surface area (TPSA) is 45.5 Å². The number of rotatable bonds is 1. The summed E-state index contributed by atoms with van der Waals surface area (Å²) in [6.45, 7) is 3.50. The zero-order chi connectivity index (χ0) is 10.1. The Kier molecular flexibility index (Phi) is 2.50. The monoisotopic (exact) mass is 214 g/mol. The Morgan fingerprint density at radius 3 is 2.43 bits per heavy atom. The minimum Gasteiger partial charge on any atom is -0.492 e. The summed E-state index contributed by atoms with van der Waals surface area (Å²) in [7, 11) is 0. The second kappa shape index (κ2) is 3.65. The number of aromatic nitrogens is 1. The van der Waals surface area contributed by atoms with E-state index in [0.29, 0.717) is 4.88 Å². The average Bonchev–Trinajstić information content (AvgIpc) is 2.43. The first kappa shape index (κ1) is 9.58. The molecule has 1 aliphatic rings. The van der Waals surface area contributed by atoms with Gasteiger partial charge in [0, 0.05) is 13.1 Å². The third-order valence-corrected chi connectivity index (χ3v) is 3.38. The Balaban J connectivity index is 2.34. The zero-order valence-corrected chi connectivity index (χ0v) is 9.01. The van der Waals surface area contributed by atoms with Gasteiger partial charge >= 0.3 is 4.87 Å². The van der Waals surface area contributed by atoms with Crippen LogP contribution in [0.3, 0.4) is 0 Å². The Morgan fingerprint density at radius 1 is 1.29 bits per heavy atom. The lowest BCUT2D eigenvalue weighted by Gasteiger charge is -2.28. The lowest BCUT2D eigenvalue weighted by atomic mass is 10.2. The molecule has 0 bridgehead atoms. The molecular weight excluding hydrogens is 200 g/mol. The van der Waals surface area contributed by atoms with Crippen molar-refractivity contribution in [2.45, 2.75) is 26.2 Å². The summed E-state index contributed by atoms with van der Waals surface area (Å²) in [5.41, 5.74) is 0. The van der Waals surface area contributed by atoms with E-state index in [-0.39, 0.29) is 10.8 Å². The predicted octanol–water partition coefficient (Wildman–Crippen LogP) is 1.05. The molecule has 0 amide bonds. The molecule has 1 fully saturated rings. The van der Waals surface area contributed by atoms with E-state index in [2.05, 4.69) is 0 Å². The van der Waals surface area contributed by atoms with Crippen LogP contribution < -0.4 is 9.88 Å². The molecule has 2 heterocycles. The van der Waals surface area contributed by atoms with Crippen LogP contribution in [-0.4, -0.2) is 22.9 Å². The van der Waals surface area contributed by atoms with Gasteiger partial charge in [-0.1, -0.05) is 11.3 Å². The third-order valence-electron chi connectivity index (χ3n) is 2.54. The second-order valence-electron chi connectivity index (χ2n) is 3.57. The van der Waals surface area contributed by atoms with Gasteiger partial charge in [-0.3, -0.25) is 4.79 Å². The van der Waals surface area contributed by atoms with Crippen molar-refractivity contribution in [3.63, 3.8) is 0 Å². The fraction of sp³-hybridized carbons (Fsp3) is 0.667. The molecule has 0 saturated carbocycles. The number of piperidine rings is 1. The van der Waals surface area contributed by atoms with E-state index in [1.54, 1.807) is 6.92 Å². The Bertz CT molecular complexity index is 377. The van der Waals surface area contributed by atoms with Crippen LogP contribution in [-0.2, 0) is 0 Å². The first-order valence-corrected chi connectivity index (χ1v) is 5.68. The molecule has 0 atom stereocenters. The third kappa shape index (κ3) is 1.52. The molecule has 1 aromatic heterocycles. The van der Waals surface area contributed by atoms with Gasteiger partial charge in [0.1, 0.15) is 0 Å². The Morgan fingerprint density at radius 2 is 1.93 bits per heavy atom. The van der Waals surface area contributed by atoms with Crippen LogP contribution in [0.5, 0.6) is 5.88 Å². The molecule has 14 heavy (non-hydrogen) atoms. The fourth-order valence-electron chi connectivity index (χ4n) is 1.78. The van der Waals surface area contributed by atoms with E-state index >= 15 is 0 Å². The van der Waals surface area contributed by atoms with E-state index in [1.807, 2.05) is 5.01 Å². The average molecular weight is 214 g/mol. The molecule has 4 nitrogen and oxygen atoms in total. The molecule has 5 heteroatoms. The SMILES string of the molecule is Cc1sc(=O)n(N2CCCCC2)c1O. The number of nitrogens with zero attached hydrogens (tertiary/aromatic N) is 2. The highest BCUT2D eigenvalue weighted by molar-refractivity contribution is 7.09. The summed E-state index contributed by atoms with van der Waals surface area (Å²) in [5, 5.41) is 11.6. The standard InChI is InChI=1S/C9H14N2O2S/c1-7-8(12)11(9(13)14-7)10-5-3-2-4-6-10/h12H,2-6H2,1H3. The van der Waals surface area contributed by atoms with Gasteiger partial charge in [-0.15, -0.1) is 0 Å². The first-order valence-electron chi connectivity index (χ1n) is 4.87. The molecular formula is C9H14N2O2S. The lowest BCUT2D eigenvalue weighted by molar-refractivity contribution is 0.379. The van der Waals surface area contributed by atoms with Gasteiger partial charge < -0.3 is 10.1 Å². The number of hydrogen-bond donors (Lipinski definition) is 1. The van der Waals surface area contributed by atoms with Gasteiger partial charge in [-0.05, 0) is 26.2 Å². The smallest absolute Gasteiger partial charge is 0.329 e. The molecule has 0 spiro atoms. The van der Waals surface area contributed by atoms with Crippen molar-refractivity contribution in [2.24, 2.45) is 0 Å². The summed E-state index contributed by atoms with van der Waals surface area (Å²) in [6, 6.07) is 0. The van der Waals surface area contributed by atoms with E-state index < -0.39 is 0 Å². The highest BCUT2D eigenvalue weighted by Crippen LogP contribution is 2.19. The maximum absolute atomic E-state index is 11.5. The van der Waals surface area contributed by atoms with E-state index in [9.17, 15) is 9.90 Å². The maximum Gasteiger partial charge on any atom is 0.329 e. The van der Waals surface area contributed by atoms with E-state index in [4.69, 9.17) is 0 Å². The minimum absolute atomic E-state index is 0.0816. The second-order valence-corrected chi connectivity index (χ2v) is 4.74. The molecule has 0 aromatic carbocycles. The van der Waals surface area contributed by atoms with Crippen molar-refractivity contribution in [1.82, 2.24) is 4.68 Å². The van der Waals surface area contributed by atoms with Gasteiger partial charge in [-0.2, -0.15) is 4.68 Å². The maximum atomic E-state index is 11.5. The molecule has 78 valence electrons. The number of hydrogen-bond acceptors (Lipinski definition) is 4. The summed E-state index contributed by atoms with van der Waals surface area (Å²) < 4.78 is 1.42. The minimum atomic E-state index is -0.0816. The predicted molar refractivity (Wildman–Crippen MR) is 56.8 cm³/mol. The Hall–Kier alpha value is -0.970. The number of thiazole rings is 1. The fourth-order valence-corrected chi connectivity index (χ4v) is 2.51. The molecule has 0 aliphatic carbocycles. The van der Waals surface area contributed by atoms with Gasteiger partial charge in [0.25, 0.3) is 0 Å². The molecule has 1 N–H and O–H groups in total. The summed E-state index contributed by atoms with van der Waals surface area (Å²) >= 11 is 1.11. The first-order chi connectivity index (χ1) is 6.70. The summed E-state index contributed by atoms with van der Waals surface area (Å²) in [4.78, 5) is 12.2. The molecule has 0 unspecified atom stereocenters. The van der Waals surface area contributed by atoms with Crippen LogP contribution >= 0.6 is 11.3 Å². The van der Waals surface area contributed by atoms with Crippen LogP contribution in [0.2, 0.25) is 0 Å². The van der Waals surface area contributed by atoms with Crippen molar-refractivity contribution in [1.29, 1.82) is 0 Å². The van der Waals surface area contributed by atoms with Crippen LogP contribution in [0.15, 0.2) is 4.79 Å². The van der Waals surface area contributed by atoms with Crippen molar-refractivity contribution in [2.75, 3.05) is 18.1 Å². The summed E-state index contributed by atoms with van der Waals surface area (Å²) in [6.07, 6.45) is 3.41. The van der Waals surface area contributed by atoms with Gasteiger partial charge in [0.2, 0.25) is 5.88 Å². The van der Waals surface area contributed by atoms with Crippen LogP contribution in [0.4, 0.5) is 0 Å². The van der Waals surface area contributed by atoms with Crippen LogP contribution in [0.1, 0.15) is 24.1 Å². The largest absolute Gasteiger partial charge is 0.492 e. The van der Waals surface area contributed by atoms with E-state index in [0.717, 1.165) is 37.3 Å². The zero-order valence-electron chi connectivity index (χ0n) is 8.19. The summed E-state index contributed by atoms with van der Waals surface area (Å²) in [5.74, 6) is 0.113. The number of aryl methyl sites for hydroxylation is 1. The van der Waals surface area contributed by atoms with E-state index in [1.165, 1.54) is 11.1 Å². The highest BCUT2D eigenvalue weighted by atomic mass is 32.1. The number of aromatic hydroxyl groups is 1. The molecule has 1 aromatic rings. The lowest BCUT2D eigenvalue weighted by Crippen LogP contribution is -2.43. The van der Waals surface area contributed by atoms with Gasteiger partial charge in [0.15, 0.2) is 0 Å². The molecule has 1 aliphatic heterocycles. The van der Waals surface area contributed by atoms with Crippen molar-refractivity contribution in [3.05, 3.63) is 14.5 Å². The Labute approximate surface area is 86.4 Å². The molecule has 1 saturated heterocycles.